The van der Waals surface area contributed by atoms with Crippen LogP contribution in [0.2, 0.25) is 0 Å². The third kappa shape index (κ3) is 11.3. The van der Waals surface area contributed by atoms with Crippen LogP contribution in [-0.2, 0) is 21.0 Å². The Morgan fingerprint density at radius 2 is 1.38 bits per heavy atom. The van der Waals surface area contributed by atoms with Crippen molar-refractivity contribution in [3.63, 3.8) is 0 Å². The number of nitrogens with one attached hydrogen (secondary N) is 1. The number of sulfonamides is 1. The Hall–Kier alpha value is -5.33. The van der Waals surface area contributed by atoms with Gasteiger partial charge in [0.15, 0.2) is 0 Å². The number of amides is 1. The lowest BCUT2D eigenvalue weighted by atomic mass is 9.99. The fourth-order valence-electron chi connectivity index (χ4n) is 5.69. The Bertz CT molecular complexity index is 2130. The number of anilines is 1. The quantitative estimate of drug-likeness (QED) is 0.0533. The standard InChI is InChI=1S/C41H46N3O9PS/c1-29(2)26-44(55(49,50)36-23-19-32(42)20-24-36)27-40(46)38(43-41(47)37-15-10-16-39(45)30(37)3)25-31-17-21-33(22-18-31)51-28-54(48,52-34-11-6-4-7-12-34)53-35-13-8-5-9-14-35/h4-24,29,38,40,45-46H,25-28,42H2,1-3H3,(H,43,47)/t38-,40+/m0/s1. The van der Waals surface area contributed by atoms with Crippen LogP contribution in [0.15, 0.2) is 132 Å². The number of phenolic OH excluding ortho intramolecular Hbond substituents is 1. The number of aromatic hydroxyl groups is 1. The van der Waals surface area contributed by atoms with E-state index in [0.717, 1.165) is 0 Å². The monoisotopic (exact) mass is 787 g/mol. The van der Waals surface area contributed by atoms with E-state index < -0.39 is 42.0 Å². The molecule has 0 spiro atoms. The normalized spacial score (nSPS) is 12.9. The molecule has 0 aliphatic heterocycles. The summed E-state index contributed by atoms with van der Waals surface area (Å²) < 4.78 is 60.2. The first-order chi connectivity index (χ1) is 26.2. The van der Waals surface area contributed by atoms with Crippen molar-refractivity contribution in [2.45, 2.75) is 44.2 Å². The van der Waals surface area contributed by atoms with Gasteiger partial charge in [-0.05, 0) is 97.6 Å². The van der Waals surface area contributed by atoms with E-state index in [0.29, 0.717) is 34.1 Å². The number of nitrogen functional groups attached to an aromatic ring is 1. The SMILES string of the molecule is Cc1c(O)cccc1C(=O)N[C@@H](Cc1ccc(OCP(=O)(Oc2ccccc2)Oc2ccccc2)cc1)[C@H](O)CN(CC(C)C)S(=O)(=O)c1ccc(N)cc1. The van der Waals surface area contributed by atoms with Gasteiger partial charge in [-0.2, -0.15) is 4.31 Å². The topological polar surface area (TPSA) is 178 Å². The van der Waals surface area contributed by atoms with Crippen molar-refractivity contribution in [1.29, 1.82) is 0 Å². The first-order valence-corrected chi connectivity index (χ1v) is 20.8. The van der Waals surface area contributed by atoms with E-state index in [1.54, 1.807) is 91.9 Å². The molecule has 0 saturated carbocycles. The highest BCUT2D eigenvalue weighted by Crippen LogP contribution is 2.48. The summed E-state index contributed by atoms with van der Waals surface area (Å²) in [5, 5.41) is 24.9. The van der Waals surface area contributed by atoms with Crippen LogP contribution in [0.1, 0.15) is 35.3 Å². The van der Waals surface area contributed by atoms with Crippen LogP contribution in [0, 0.1) is 12.8 Å². The van der Waals surface area contributed by atoms with E-state index >= 15 is 0 Å². The number of aliphatic hydroxyl groups excluding tert-OH is 1. The van der Waals surface area contributed by atoms with Crippen molar-refractivity contribution in [2.24, 2.45) is 5.92 Å². The molecule has 55 heavy (non-hydrogen) atoms. The number of carbonyl (C=O) groups is 1. The Kier molecular flexibility index (Phi) is 13.6. The highest BCUT2D eigenvalue weighted by Gasteiger charge is 2.33. The summed E-state index contributed by atoms with van der Waals surface area (Å²) >= 11 is 0. The van der Waals surface area contributed by atoms with Gasteiger partial charge in [0.25, 0.3) is 5.91 Å². The number of ether oxygens (including phenoxy) is 1. The van der Waals surface area contributed by atoms with Crippen molar-refractivity contribution in [3.8, 4) is 23.0 Å². The van der Waals surface area contributed by atoms with E-state index in [-0.39, 0.29) is 41.6 Å². The van der Waals surface area contributed by atoms with Gasteiger partial charge >= 0.3 is 7.60 Å². The number of hydrogen-bond donors (Lipinski definition) is 4. The average Bonchev–Trinajstić information content (AvgIpc) is 3.16. The van der Waals surface area contributed by atoms with Crippen molar-refractivity contribution in [3.05, 3.63) is 144 Å². The number of carbonyl (C=O) groups excluding carboxylic acids is 1. The molecule has 14 heteroatoms. The first-order valence-electron chi connectivity index (χ1n) is 17.7. The van der Waals surface area contributed by atoms with Gasteiger partial charge in [-0.15, -0.1) is 0 Å². The molecule has 290 valence electrons. The Labute approximate surface area is 322 Å². The van der Waals surface area contributed by atoms with Crippen molar-refractivity contribution in [2.75, 3.05) is 25.2 Å². The maximum atomic E-state index is 13.9. The molecular weight excluding hydrogens is 742 g/mol. The summed E-state index contributed by atoms with van der Waals surface area (Å²) in [4.78, 5) is 13.6. The lowest BCUT2D eigenvalue weighted by Crippen LogP contribution is -2.51. The molecule has 12 nitrogen and oxygen atoms in total. The zero-order valence-corrected chi connectivity index (χ0v) is 32.5. The van der Waals surface area contributed by atoms with Crippen LogP contribution < -0.4 is 24.8 Å². The van der Waals surface area contributed by atoms with Gasteiger partial charge in [-0.3, -0.25) is 4.79 Å². The molecule has 0 saturated heterocycles. The maximum Gasteiger partial charge on any atom is 0.468 e. The Balaban J connectivity index is 1.36. The Morgan fingerprint density at radius 1 is 0.800 bits per heavy atom. The summed E-state index contributed by atoms with van der Waals surface area (Å²) in [7, 11) is -7.93. The summed E-state index contributed by atoms with van der Waals surface area (Å²) in [6.45, 7) is 5.12. The predicted molar refractivity (Wildman–Crippen MR) is 212 cm³/mol. The summed E-state index contributed by atoms with van der Waals surface area (Å²) in [6.07, 6.45) is -1.68. The van der Waals surface area contributed by atoms with E-state index in [4.69, 9.17) is 19.5 Å². The summed E-state index contributed by atoms with van der Waals surface area (Å²) in [5.41, 5.74) is 7.44. The molecule has 0 aliphatic carbocycles. The van der Waals surface area contributed by atoms with E-state index in [2.05, 4.69) is 5.32 Å². The van der Waals surface area contributed by atoms with Gasteiger partial charge in [0.1, 0.15) is 23.0 Å². The lowest BCUT2D eigenvalue weighted by molar-refractivity contribution is 0.0775. The molecule has 0 fully saturated rings. The molecule has 5 rings (SSSR count). The fourth-order valence-corrected chi connectivity index (χ4v) is 8.64. The number of benzene rings is 5. The van der Waals surface area contributed by atoms with Crippen LogP contribution >= 0.6 is 7.60 Å². The molecule has 2 atom stereocenters. The molecule has 0 heterocycles. The second kappa shape index (κ2) is 18.3. The van der Waals surface area contributed by atoms with E-state index in [9.17, 15) is 28.0 Å². The van der Waals surface area contributed by atoms with Crippen LogP contribution in [-0.4, -0.2) is 60.4 Å². The van der Waals surface area contributed by atoms with Crippen LogP contribution in [0.5, 0.6) is 23.0 Å². The van der Waals surface area contributed by atoms with Crippen molar-refractivity contribution < 1.29 is 41.8 Å². The largest absolute Gasteiger partial charge is 0.508 e. The van der Waals surface area contributed by atoms with E-state index in [1.165, 1.54) is 34.6 Å². The molecule has 5 aromatic rings. The first kappa shape index (κ1) is 40.8. The molecule has 0 aliphatic rings. The fraction of sp³-hybridized carbons (Fsp3) is 0.244. The molecule has 0 unspecified atom stereocenters. The number of hydrogen-bond acceptors (Lipinski definition) is 10. The van der Waals surface area contributed by atoms with Gasteiger partial charge in [0.2, 0.25) is 16.4 Å². The lowest BCUT2D eigenvalue weighted by Gasteiger charge is -2.31. The second-order valence-electron chi connectivity index (χ2n) is 13.4. The molecular formula is C41H46N3O9PS. The van der Waals surface area contributed by atoms with Crippen LogP contribution in [0.25, 0.3) is 0 Å². The van der Waals surface area contributed by atoms with Gasteiger partial charge in [-0.1, -0.05) is 68.4 Å². The minimum atomic E-state index is -4.06. The summed E-state index contributed by atoms with van der Waals surface area (Å²) in [5.74, 6) is 0.347. The zero-order valence-electron chi connectivity index (χ0n) is 30.8. The van der Waals surface area contributed by atoms with Gasteiger partial charge in [0, 0.05) is 29.9 Å². The molecule has 0 aromatic heterocycles. The highest BCUT2D eigenvalue weighted by molar-refractivity contribution is 7.89. The molecule has 5 aromatic carbocycles. The second-order valence-corrected chi connectivity index (χ2v) is 17.2. The van der Waals surface area contributed by atoms with E-state index in [1.807, 2.05) is 26.0 Å². The predicted octanol–water partition coefficient (Wildman–Crippen LogP) is 7.02. The zero-order chi connectivity index (χ0) is 39.6. The summed E-state index contributed by atoms with van der Waals surface area (Å²) in [6, 6.07) is 33.4. The van der Waals surface area contributed by atoms with Gasteiger partial charge in [0.05, 0.1) is 17.0 Å². The molecule has 0 bridgehead atoms. The van der Waals surface area contributed by atoms with Crippen molar-refractivity contribution in [1.82, 2.24) is 9.62 Å². The number of rotatable bonds is 18. The molecule has 1 amide bonds. The highest BCUT2D eigenvalue weighted by atomic mass is 32.2. The molecule has 0 radical (unpaired) electrons. The smallest absolute Gasteiger partial charge is 0.468 e. The third-order valence-electron chi connectivity index (χ3n) is 8.55. The number of nitrogens with two attached hydrogens (primary N) is 1. The minimum Gasteiger partial charge on any atom is -0.508 e. The van der Waals surface area contributed by atoms with Crippen LogP contribution in [0.3, 0.4) is 0 Å². The molecule has 5 N–H and O–H groups in total. The average molecular weight is 788 g/mol. The third-order valence-corrected chi connectivity index (χ3v) is 11.8. The minimum absolute atomic E-state index is 0.0222. The van der Waals surface area contributed by atoms with Crippen molar-refractivity contribution >= 4 is 29.2 Å². The Morgan fingerprint density at radius 3 is 1.95 bits per heavy atom. The number of aliphatic hydroxyl groups is 1. The number of nitrogens with zero attached hydrogens (tertiary/aromatic N) is 1. The number of phenols is 1. The van der Waals surface area contributed by atoms with Crippen LogP contribution in [0.4, 0.5) is 5.69 Å². The number of para-hydroxylation sites is 2. The van der Waals surface area contributed by atoms with Gasteiger partial charge < -0.3 is 35.0 Å². The van der Waals surface area contributed by atoms with Gasteiger partial charge in [-0.25, -0.2) is 13.0 Å². The maximum absolute atomic E-state index is 13.9.